The molecule has 1 saturated carbocycles. The Bertz CT molecular complexity index is 401. The Morgan fingerprint density at radius 1 is 1.26 bits per heavy atom. The Morgan fingerprint density at radius 3 is 2.63 bits per heavy atom. The van der Waals surface area contributed by atoms with Crippen molar-refractivity contribution in [1.29, 1.82) is 0 Å². The second-order valence-electron chi connectivity index (χ2n) is 5.28. The van der Waals surface area contributed by atoms with Crippen molar-refractivity contribution in [3.8, 4) is 0 Å². The smallest absolute Gasteiger partial charge is 0.131 e. The Hall–Kier alpha value is -1.36. The highest BCUT2D eigenvalue weighted by Crippen LogP contribution is 2.22. The van der Waals surface area contributed by atoms with E-state index in [1.165, 1.54) is 25.7 Å². The molecule has 0 amide bonds. The van der Waals surface area contributed by atoms with E-state index in [1.54, 1.807) is 0 Å². The predicted octanol–water partition coefficient (Wildman–Crippen LogP) is 2.11. The van der Waals surface area contributed by atoms with Crippen LogP contribution in [0.3, 0.4) is 0 Å². The maximum atomic E-state index is 4.40. The fraction of sp³-hybridized carbons (Fsp3) is 0.714. The van der Waals surface area contributed by atoms with Gasteiger partial charge in [0.05, 0.1) is 0 Å². The molecule has 0 aromatic carbocycles. The standard InChI is InChI=1S/C14H25N5/c1-11-17-13(15-2)10-14(18-11)16-8-9-19(3)12-6-4-5-7-12/h10,12H,4-9H2,1-3H3,(H2,15,16,17,18). The zero-order valence-corrected chi connectivity index (χ0v) is 12.2. The number of aromatic nitrogens is 2. The van der Waals surface area contributed by atoms with E-state index in [0.29, 0.717) is 0 Å². The van der Waals surface area contributed by atoms with Gasteiger partial charge in [-0.2, -0.15) is 0 Å². The van der Waals surface area contributed by atoms with Crippen LogP contribution in [0, 0.1) is 6.92 Å². The molecule has 0 bridgehead atoms. The first-order valence-corrected chi connectivity index (χ1v) is 7.16. The van der Waals surface area contributed by atoms with Crippen molar-refractivity contribution in [2.24, 2.45) is 0 Å². The van der Waals surface area contributed by atoms with Crippen LogP contribution in [0.4, 0.5) is 11.6 Å². The minimum atomic E-state index is 0.779. The number of hydrogen-bond donors (Lipinski definition) is 2. The number of anilines is 2. The second kappa shape index (κ2) is 6.70. The zero-order chi connectivity index (χ0) is 13.7. The SMILES string of the molecule is CNc1cc(NCCN(C)C2CCCC2)nc(C)n1. The van der Waals surface area contributed by atoms with Crippen molar-refractivity contribution in [1.82, 2.24) is 14.9 Å². The van der Waals surface area contributed by atoms with E-state index in [-0.39, 0.29) is 0 Å². The third kappa shape index (κ3) is 4.06. The number of hydrogen-bond acceptors (Lipinski definition) is 5. The van der Waals surface area contributed by atoms with Crippen molar-refractivity contribution in [2.75, 3.05) is 37.8 Å². The molecule has 1 aliphatic carbocycles. The lowest BCUT2D eigenvalue weighted by molar-refractivity contribution is 0.254. The summed E-state index contributed by atoms with van der Waals surface area (Å²) in [6.07, 6.45) is 5.48. The van der Waals surface area contributed by atoms with Crippen molar-refractivity contribution in [3.63, 3.8) is 0 Å². The summed E-state index contributed by atoms with van der Waals surface area (Å²) in [5.74, 6) is 2.55. The average molecular weight is 263 g/mol. The summed E-state index contributed by atoms with van der Waals surface area (Å²) < 4.78 is 0. The maximum absolute atomic E-state index is 4.40. The fourth-order valence-electron chi connectivity index (χ4n) is 2.67. The molecule has 5 heteroatoms. The van der Waals surface area contributed by atoms with E-state index in [2.05, 4.69) is 32.5 Å². The monoisotopic (exact) mass is 263 g/mol. The minimum absolute atomic E-state index is 0.779. The van der Waals surface area contributed by atoms with E-state index in [0.717, 1.165) is 36.6 Å². The first-order valence-electron chi connectivity index (χ1n) is 7.16. The van der Waals surface area contributed by atoms with Gasteiger partial charge in [0.25, 0.3) is 0 Å². The van der Waals surface area contributed by atoms with E-state index >= 15 is 0 Å². The van der Waals surface area contributed by atoms with Crippen LogP contribution >= 0.6 is 0 Å². The van der Waals surface area contributed by atoms with Crippen LogP contribution in [0.15, 0.2) is 6.07 Å². The normalized spacial score (nSPS) is 16.0. The van der Waals surface area contributed by atoms with Gasteiger partial charge in [-0.3, -0.25) is 0 Å². The Labute approximate surface area is 115 Å². The lowest BCUT2D eigenvalue weighted by Gasteiger charge is -2.24. The van der Waals surface area contributed by atoms with E-state index in [1.807, 2.05) is 20.0 Å². The molecule has 1 fully saturated rings. The van der Waals surface area contributed by atoms with Gasteiger partial charge in [0, 0.05) is 32.2 Å². The Kier molecular flexibility index (Phi) is 4.96. The average Bonchev–Trinajstić information content (AvgIpc) is 2.92. The molecule has 106 valence electrons. The lowest BCUT2D eigenvalue weighted by atomic mass is 10.2. The van der Waals surface area contributed by atoms with Gasteiger partial charge < -0.3 is 15.5 Å². The fourth-order valence-corrected chi connectivity index (χ4v) is 2.67. The van der Waals surface area contributed by atoms with Crippen molar-refractivity contribution >= 4 is 11.6 Å². The Morgan fingerprint density at radius 2 is 1.95 bits per heavy atom. The van der Waals surface area contributed by atoms with Crippen LogP contribution in [0.2, 0.25) is 0 Å². The molecule has 0 spiro atoms. The first kappa shape index (κ1) is 14.1. The molecule has 0 radical (unpaired) electrons. The molecule has 2 N–H and O–H groups in total. The van der Waals surface area contributed by atoms with Gasteiger partial charge >= 0.3 is 0 Å². The molecule has 1 aliphatic rings. The van der Waals surface area contributed by atoms with E-state index in [4.69, 9.17) is 0 Å². The molecule has 0 atom stereocenters. The van der Waals surface area contributed by atoms with Crippen LogP contribution < -0.4 is 10.6 Å². The molecule has 0 unspecified atom stereocenters. The highest BCUT2D eigenvalue weighted by Gasteiger charge is 2.18. The summed E-state index contributed by atoms with van der Waals surface area (Å²) in [5.41, 5.74) is 0. The Balaban J connectivity index is 1.80. The summed E-state index contributed by atoms with van der Waals surface area (Å²) >= 11 is 0. The summed E-state index contributed by atoms with van der Waals surface area (Å²) in [6.45, 7) is 3.89. The third-order valence-corrected chi connectivity index (χ3v) is 3.81. The van der Waals surface area contributed by atoms with Crippen molar-refractivity contribution in [3.05, 3.63) is 11.9 Å². The second-order valence-corrected chi connectivity index (χ2v) is 5.28. The van der Waals surface area contributed by atoms with Crippen LogP contribution in [0.1, 0.15) is 31.5 Å². The molecule has 1 aromatic rings. The van der Waals surface area contributed by atoms with Gasteiger partial charge in [-0.05, 0) is 26.8 Å². The van der Waals surface area contributed by atoms with Crippen LogP contribution in [-0.2, 0) is 0 Å². The van der Waals surface area contributed by atoms with Gasteiger partial charge in [0.2, 0.25) is 0 Å². The molecular formula is C14H25N5. The summed E-state index contributed by atoms with van der Waals surface area (Å²) in [6, 6.07) is 2.73. The maximum Gasteiger partial charge on any atom is 0.131 e. The van der Waals surface area contributed by atoms with Gasteiger partial charge in [-0.25, -0.2) is 9.97 Å². The quantitative estimate of drug-likeness (QED) is 0.823. The molecule has 0 aliphatic heterocycles. The molecule has 5 nitrogen and oxygen atoms in total. The molecular weight excluding hydrogens is 238 g/mol. The summed E-state index contributed by atoms with van der Waals surface area (Å²) in [5, 5.41) is 6.43. The van der Waals surface area contributed by atoms with Gasteiger partial charge in [0.15, 0.2) is 0 Å². The highest BCUT2D eigenvalue weighted by molar-refractivity contribution is 5.47. The molecule has 19 heavy (non-hydrogen) atoms. The third-order valence-electron chi connectivity index (χ3n) is 3.81. The summed E-state index contributed by atoms with van der Waals surface area (Å²) in [4.78, 5) is 11.1. The predicted molar refractivity (Wildman–Crippen MR) is 79.7 cm³/mol. The van der Waals surface area contributed by atoms with Crippen molar-refractivity contribution < 1.29 is 0 Å². The van der Waals surface area contributed by atoms with Crippen LogP contribution in [0.5, 0.6) is 0 Å². The lowest BCUT2D eigenvalue weighted by Crippen LogP contribution is -2.33. The molecule has 1 aromatic heterocycles. The summed E-state index contributed by atoms with van der Waals surface area (Å²) in [7, 11) is 4.10. The van der Waals surface area contributed by atoms with E-state index in [9.17, 15) is 0 Å². The van der Waals surface area contributed by atoms with Gasteiger partial charge in [-0.15, -0.1) is 0 Å². The molecule has 1 heterocycles. The van der Waals surface area contributed by atoms with Crippen LogP contribution in [-0.4, -0.2) is 48.1 Å². The van der Waals surface area contributed by atoms with Crippen molar-refractivity contribution in [2.45, 2.75) is 38.6 Å². The number of nitrogens with zero attached hydrogens (tertiary/aromatic N) is 3. The largest absolute Gasteiger partial charge is 0.373 e. The number of aryl methyl sites for hydroxylation is 1. The minimum Gasteiger partial charge on any atom is -0.373 e. The highest BCUT2D eigenvalue weighted by atomic mass is 15.2. The number of nitrogens with one attached hydrogen (secondary N) is 2. The molecule has 0 saturated heterocycles. The van der Waals surface area contributed by atoms with Crippen LogP contribution in [0.25, 0.3) is 0 Å². The van der Waals surface area contributed by atoms with Gasteiger partial charge in [-0.1, -0.05) is 12.8 Å². The van der Waals surface area contributed by atoms with E-state index < -0.39 is 0 Å². The van der Waals surface area contributed by atoms with Gasteiger partial charge in [0.1, 0.15) is 17.5 Å². The number of rotatable bonds is 6. The molecule has 2 rings (SSSR count). The zero-order valence-electron chi connectivity index (χ0n) is 12.2. The number of likely N-dealkylation sites (N-methyl/N-ethyl adjacent to an activating group) is 1. The first-order chi connectivity index (χ1) is 9.19. The topological polar surface area (TPSA) is 53.1 Å².